The van der Waals surface area contributed by atoms with Gasteiger partial charge in [0.2, 0.25) is 0 Å². The lowest BCUT2D eigenvalue weighted by Gasteiger charge is -2.32. The number of amides is 1. The van der Waals surface area contributed by atoms with Crippen molar-refractivity contribution in [2.75, 3.05) is 6.54 Å². The molecule has 0 aliphatic carbocycles. The number of benzene rings is 1. The molecule has 1 fully saturated rings. The van der Waals surface area contributed by atoms with E-state index in [0.717, 1.165) is 6.07 Å². The van der Waals surface area contributed by atoms with Crippen LogP contribution in [-0.4, -0.2) is 30.8 Å². The highest BCUT2D eigenvalue weighted by Gasteiger charge is 2.53. The second-order valence-corrected chi connectivity index (χ2v) is 7.99. The maximum atomic E-state index is 13.5. The van der Waals surface area contributed by atoms with Crippen molar-refractivity contribution in [2.45, 2.75) is 58.9 Å². The van der Waals surface area contributed by atoms with Crippen molar-refractivity contribution in [2.24, 2.45) is 5.92 Å². The Bertz CT molecular complexity index is 671. The van der Waals surface area contributed by atoms with Crippen molar-refractivity contribution < 1.29 is 27.3 Å². The summed E-state index contributed by atoms with van der Waals surface area (Å²) in [5.41, 5.74) is -2.47. The van der Waals surface area contributed by atoms with Crippen molar-refractivity contribution in [3.63, 3.8) is 0 Å². The van der Waals surface area contributed by atoms with Crippen LogP contribution in [0.4, 0.5) is 13.2 Å². The number of nitrogens with one attached hydrogen (secondary N) is 1. The van der Waals surface area contributed by atoms with Gasteiger partial charge in [-0.2, -0.15) is 13.2 Å². The summed E-state index contributed by atoms with van der Waals surface area (Å²) in [5.74, 6) is -0.193. The molecule has 1 aliphatic heterocycles. The van der Waals surface area contributed by atoms with Crippen molar-refractivity contribution in [3.05, 3.63) is 29.3 Å². The van der Waals surface area contributed by atoms with Gasteiger partial charge in [-0.15, -0.1) is 0 Å². The van der Waals surface area contributed by atoms with Gasteiger partial charge in [0.05, 0.1) is 16.8 Å². The van der Waals surface area contributed by atoms with Crippen molar-refractivity contribution >= 4 is 18.5 Å². The number of carbonyl (C=O) groups excluding carboxylic acids is 1. The van der Waals surface area contributed by atoms with Gasteiger partial charge in [0.1, 0.15) is 0 Å². The van der Waals surface area contributed by atoms with Gasteiger partial charge in [-0.05, 0) is 57.3 Å². The molecule has 0 aromatic heterocycles. The fraction of sp³-hybridized carbons (Fsp3) is 0.611. The molecular weight excluding hydrogens is 346 g/mol. The molecule has 1 heterocycles. The van der Waals surface area contributed by atoms with Gasteiger partial charge in [0, 0.05) is 12.1 Å². The predicted molar refractivity (Wildman–Crippen MR) is 94.3 cm³/mol. The monoisotopic (exact) mass is 371 g/mol. The van der Waals surface area contributed by atoms with E-state index >= 15 is 0 Å². The number of alkyl halides is 3. The molecule has 1 amide bonds. The highest BCUT2D eigenvalue weighted by molar-refractivity contribution is 6.62. The number of hydrogen-bond acceptors (Lipinski definition) is 3. The van der Waals surface area contributed by atoms with Gasteiger partial charge in [0.15, 0.2) is 0 Å². The molecule has 0 saturated carbocycles. The summed E-state index contributed by atoms with van der Waals surface area (Å²) in [5, 5.41) is 2.71. The van der Waals surface area contributed by atoms with E-state index in [0.29, 0.717) is 6.54 Å². The van der Waals surface area contributed by atoms with Crippen LogP contribution in [0.1, 0.15) is 57.5 Å². The van der Waals surface area contributed by atoms with Gasteiger partial charge in [-0.25, -0.2) is 0 Å². The van der Waals surface area contributed by atoms with Gasteiger partial charge in [0.25, 0.3) is 5.91 Å². The Morgan fingerprint density at radius 3 is 2.15 bits per heavy atom. The minimum absolute atomic E-state index is 0.142. The molecule has 1 N–H and O–H groups in total. The van der Waals surface area contributed by atoms with Gasteiger partial charge >= 0.3 is 13.3 Å². The molecule has 0 bridgehead atoms. The second-order valence-electron chi connectivity index (χ2n) is 7.99. The van der Waals surface area contributed by atoms with E-state index in [4.69, 9.17) is 9.31 Å². The molecule has 8 heteroatoms. The van der Waals surface area contributed by atoms with Crippen LogP contribution in [0.3, 0.4) is 0 Å². The molecule has 1 aromatic rings. The number of halogens is 3. The Kier molecular flexibility index (Phi) is 5.50. The van der Waals surface area contributed by atoms with Crippen molar-refractivity contribution in [1.82, 2.24) is 5.32 Å². The predicted octanol–water partition coefficient (Wildman–Crippen LogP) is 3.39. The zero-order valence-electron chi connectivity index (χ0n) is 16.0. The summed E-state index contributed by atoms with van der Waals surface area (Å²) in [6.07, 6.45) is -4.58. The van der Waals surface area contributed by atoms with Crippen LogP contribution in [0.5, 0.6) is 0 Å². The molecule has 1 saturated heterocycles. The van der Waals surface area contributed by atoms with Gasteiger partial charge in [-0.1, -0.05) is 13.8 Å². The third kappa shape index (κ3) is 4.23. The molecule has 144 valence electrons. The largest absolute Gasteiger partial charge is 0.495 e. The third-order valence-electron chi connectivity index (χ3n) is 4.80. The average molecular weight is 371 g/mol. The van der Waals surface area contributed by atoms with Crippen LogP contribution >= 0.6 is 0 Å². The Morgan fingerprint density at radius 1 is 1.15 bits per heavy atom. The number of rotatable bonds is 4. The molecule has 1 aliphatic rings. The lowest BCUT2D eigenvalue weighted by molar-refractivity contribution is -0.136. The molecule has 1 aromatic carbocycles. The topological polar surface area (TPSA) is 47.6 Å². The Balaban J connectivity index is 2.42. The molecule has 26 heavy (non-hydrogen) atoms. The van der Waals surface area contributed by atoms with Gasteiger partial charge in [-0.3, -0.25) is 4.79 Å². The quantitative estimate of drug-likeness (QED) is 0.826. The van der Waals surface area contributed by atoms with Crippen LogP contribution in [0, 0.1) is 5.92 Å². The van der Waals surface area contributed by atoms with Crippen LogP contribution in [-0.2, 0) is 15.5 Å². The highest BCUT2D eigenvalue weighted by Crippen LogP contribution is 2.38. The Hall–Kier alpha value is -1.54. The maximum absolute atomic E-state index is 13.5. The van der Waals surface area contributed by atoms with E-state index in [-0.39, 0.29) is 16.9 Å². The zero-order chi connectivity index (χ0) is 19.9. The lowest BCUT2D eigenvalue weighted by Crippen LogP contribution is -2.41. The highest BCUT2D eigenvalue weighted by atomic mass is 19.4. The lowest BCUT2D eigenvalue weighted by atomic mass is 9.75. The molecule has 0 atom stereocenters. The first-order valence-electron chi connectivity index (χ1n) is 8.59. The van der Waals surface area contributed by atoms with Crippen LogP contribution in [0.15, 0.2) is 18.2 Å². The summed E-state index contributed by atoms with van der Waals surface area (Å²) in [7, 11) is -1.20. The minimum atomic E-state index is -4.58. The number of carbonyl (C=O) groups is 1. The smallest absolute Gasteiger partial charge is 0.399 e. The number of hydrogen-bond donors (Lipinski definition) is 1. The Morgan fingerprint density at radius 2 is 1.69 bits per heavy atom. The standard InChI is InChI=1S/C18H25BF3NO3/c1-11(2)10-23-15(24)12-7-8-13(18(20,21)22)14(9-12)19-25-16(3,4)17(5,6)26-19/h7-9,11H,10H2,1-6H3,(H,23,24). The third-order valence-corrected chi connectivity index (χ3v) is 4.80. The van der Waals surface area contributed by atoms with Gasteiger partial charge < -0.3 is 14.6 Å². The normalized spacial score (nSPS) is 19.1. The molecule has 4 nitrogen and oxygen atoms in total. The first-order valence-corrected chi connectivity index (χ1v) is 8.59. The molecule has 0 radical (unpaired) electrons. The fourth-order valence-electron chi connectivity index (χ4n) is 2.53. The summed E-state index contributed by atoms with van der Waals surface area (Å²) in [4.78, 5) is 12.3. The summed E-state index contributed by atoms with van der Waals surface area (Å²) in [6, 6.07) is 3.29. The minimum Gasteiger partial charge on any atom is -0.399 e. The van der Waals surface area contributed by atoms with Crippen molar-refractivity contribution in [3.8, 4) is 0 Å². The zero-order valence-corrected chi connectivity index (χ0v) is 16.0. The Labute approximate surface area is 152 Å². The second kappa shape index (κ2) is 6.89. The van der Waals surface area contributed by atoms with E-state index in [9.17, 15) is 18.0 Å². The SMILES string of the molecule is CC(C)CNC(=O)c1ccc(C(F)(F)F)c(B2OC(C)(C)C(C)(C)O2)c1. The van der Waals surface area contributed by atoms with E-state index < -0.39 is 36.0 Å². The van der Waals surface area contributed by atoms with Crippen LogP contribution < -0.4 is 10.8 Å². The van der Waals surface area contributed by atoms with E-state index in [2.05, 4.69) is 5.32 Å². The maximum Gasteiger partial charge on any atom is 0.495 e. The van der Waals surface area contributed by atoms with Crippen LogP contribution in [0.2, 0.25) is 0 Å². The van der Waals surface area contributed by atoms with Crippen molar-refractivity contribution in [1.29, 1.82) is 0 Å². The average Bonchev–Trinajstić information content (AvgIpc) is 2.71. The van der Waals surface area contributed by atoms with E-state index in [1.807, 2.05) is 13.8 Å². The molecular formula is C18H25BF3NO3. The first kappa shape index (κ1) is 20.8. The molecule has 0 spiro atoms. The van der Waals surface area contributed by atoms with E-state index in [1.165, 1.54) is 12.1 Å². The summed E-state index contributed by atoms with van der Waals surface area (Å²) in [6.45, 7) is 11.4. The van der Waals surface area contributed by atoms with Crippen LogP contribution in [0.25, 0.3) is 0 Å². The van der Waals surface area contributed by atoms with E-state index in [1.54, 1.807) is 27.7 Å². The fourth-order valence-corrected chi connectivity index (χ4v) is 2.53. The molecule has 0 unspecified atom stereocenters. The summed E-state index contributed by atoms with van der Waals surface area (Å²) < 4.78 is 51.9. The molecule has 2 rings (SSSR count). The first-order chi connectivity index (χ1) is 11.7. The summed E-state index contributed by atoms with van der Waals surface area (Å²) >= 11 is 0.